The molecular formula is C20H22N2O4S. The van der Waals surface area contributed by atoms with Gasteiger partial charge in [0.2, 0.25) is 5.91 Å². The summed E-state index contributed by atoms with van der Waals surface area (Å²) in [5.41, 5.74) is 3.32. The van der Waals surface area contributed by atoms with Crippen molar-refractivity contribution in [1.29, 1.82) is 0 Å². The number of ether oxygens (including phenoxy) is 1. The Morgan fingerprint density at radius 3 is 2.63 bits per heavy atom. The van der Waals surface area contributed by atoms with Gasteiger partial charge in [-0.3, -0.25) is 9.52 Å². The van der Waals surface area contributed by atoms with E-state index in [1.54, 1.807) is 35.2 Å². The minimum Gasteiger partial charge on any atom is -0.495 e. The van der Waals surface area contributed by atoms with Gasteiger partial charge in [-0.1, -0.05) is 6.07 Å². The molecule has 0 spiro atoms. The predicted octanol–water partition coefficient (Wildman–Crippen LogP) is 3.28. The Morgan fingerprint density at radius 2 is 1.96 bits per heavy atom. The molecule has 6 nitrogen and oxygen atoms in total. The number of nitrogens with zero attached hydrogens (tertiary/aromatic N) is 1. The highest BCUT2D eigenvalue weighted by Crippen LogP contribution is 2.42. The van der Waals surface area contributed by atoms with E-state index < -0.39 is 10.0 Å². The first kappa shape index (κ1) is 17.9. The van der Waals surface area contributed by atoms with E-state index in [0.717, 1.165) is 29.7 Å². The van der Waals surface area contributed by atoms with E-state index in [0.29, 0.717) is 30.3 Å². The Morgan fingerprint density at radius 1 is 1.19 bits per heavy atom. The number of fused-ring (bicyclic) bond motifs is 1. The molecule has 0 bridgehead atoms. The van der Waals surface area contributed by atoms with Gasteiger partial charge in [0.25, 0.3) is 10.0 Å². The molecule has 1 amide bonds. The van der Waals surface area contributed by atoms with Crippen LogP contribution in [0.4, 0.5) is 11.4 Å². The molecule has 0 atom stereocenters. The minimum atomic E-state index is -3.79. The molecule has 0 radical (unpaired) electrons. The lowest BCUT2D eigenvalue weighted by molar-refractivity contribution is -0.116. The van der Waals surface area contributed by atoms with Gasteiger partial charge in [0.15, 0.2) is 0 Å². The fourth-order valence-electron chi connectivity index (χ4n) is 3.58. The molecule has 1 fully saturated rings. The predicted molar refractivity (Wildman–Crippen MR) is 104 cm³/mol. The smallest absolute Gasteiger partial charge is 0.265 e. The van der Waals surface area contributed by atoms with Gasteiger partial charge in [-0.15, -0.1) is 0 Å². The fraction of sp³-hybridized carbons (Fsp3) is 0.350. The van der Waals surface area contributed by atoms with E-state index in [4.69, 9.17) is 4.74 Å². The van der Waals surface area contributed by atoms with Crippen molar-refractivity contribution in [2.75, 3.05) is 23.3 Å². The Kier molecular flexibility index (Phi) is 4.34. The van der Waals surface area contributed by atoms with Gasteiger partial charge in [0, 0.05) is 24.8 Å². The van der Waals surface area contributed by atoms with Gasteiger partial charge in [-0.05, 0) is 66.6 Å². The lowest BCUT2D eigenvalue weighted by Gasteiger charge is -2.16. The maximum Gasteiger partial charge on any atom is 0.265 e. The second kappa shape index (κ2) is 6.56. The van der Waals surface area contributed by atoms with Crippen LogP contribution in [-0.2, 0) is 21.2 Å². The molecule has 2 aliphatic rings. The summed E-state index contributed by atoms with van der Waals surface area (Å²) in [6, 6.07) is 10.6. The molecule has 2 aromatic rings. The number of hydrogen-bond acceptors (Lipinski definition) is 4. The summed E-state index contributed by atoms with van der Waals surface area (Å²) in [5, 5.41) is 0. The number of methoxy groups -OCH3 is 1. The number of carbonyl (C=O) groups excluding carboxylic acids is 1. The van der Waals surface area contributed by atoms with Crippen molar-refractivity contribution >= 4 is 27.3 Å². The zero-order valence-corrected chi connectivity index (χ0v) is 16.2. The number of rotatable bonds is 5. The lowest BCUT2D eigenvalue weighted by Crippen LogP contribution is -2.25. The van der Waals surface area contributed by atoms with Crippen LogP contribution in [0.25, 0.3) is 0 Å². The third-order valence-corrected chi connectivity index (χ3v) is 6.54. The van der Waals surface area contributed by atoms with E-state index >= 15 is 0 Å². The van der Waals surface area contributed by atoms with Crippen molar-refractivity contribution in [2.24, 2.45) is 0 Å². The van der Waals surface area contributed by atoms with E-state index in [-0.39, 0.29) is 10.8 Å². The summed E-state index contributed by atoms with van der Waals surface area (Å²) in [6.07, 6.45) is 2.90. The molecule has 0 saturated heterocycles. The topological polar surface area (TPSA) is 75.7 Å². The van der Waals surface area contributed by atoms with E-state index in [1.807, 2.05) is 6.07 Å². The largest absolute Gasteiger partial charge is 0.495 e. The minimum absolute atomic E-state index is 0.0105. The van der Waals surface area contributed by atoms with Gasteiger partial charge >= 0.3 is 0 Å². The highest BCUT2D eigenvalue weighted by molar-refractivity contribution is 7.92. The van der Waals surface area contributed by atoms with Crippen molar-refractivity contribution in [3.8, 4) is 5.75 Å². The van der Waals surface area contributed by atoms with Crippen LogP contribution in [0.5, 0.6) is 5.75 Å². The van der Waals surface area contributed by atoms with Gasteiger partial charge in [0.05, 0.1) is 7.11 Å². The number of hydrogen-bond donors (Lipinski definition) is 1. The molecule has 0 unspecified atom stereocenters. The quantitative estimate of drug-likeness (QED) is 0.856. The molecule has 1 heterocycles. The highest BCUT2D eigenvalue weighted by atomic mass is 32.2. The molecule has 2 aromatic carbocycles. The van der Waals surface area contributed by atoms with Crippen LogP contribution in [0.1, 0.15) is 36.8 Å². The van der Waals surface area contributed by atoms with Crippen LogP contribution in [0.2, 0.25) is 0 Å². The molecule has 1 aliphatic heterocycles. The van der Waals surface area contributed by atoms with Crippen LogP contribution in [-0.4, -0.2) is 28.0 Å². The summed E-state index contributed by atoms with van der Waals surface area (Å²) in [4.78, 5) is 13.5. The van der Waals surface area contributed by atoms with E-state index in [2.05, 4.69) is 4.72 Å². The maximum atomic E-state index is 13.0. The summed E-state index contributed by atoms with van der Waals surface area (Å²) >= 11 is 0. The molecule has 0 aromatic heterocycles. The van der Waals surface area contributed by atoms with Crippen LogP contribution in [0.3, 0.4) is 0 Å². The van der Waals surface area contributed by atoms with E-state index in [1.165, 1.54) is 14.0 Å². The molecule has 4 rings (SSSR count). The first-order valence-corrected chi connectivity index (χ1v) is 10.5. The highest BCUT2D eigenvalue weighted by Gasteiger charge is 2.28. The van der Waals surface area contributed by atoms with Gasteiger partial charge in [0.1, 0.15) is 10.6 Å². The number of benzene rings is 2. The number of anilines is 2. The molecular weight excluding hydrogens is 364 g/mol. The Labute approximate surface area is 159 Å². The zero-order valence-electron chi connectivity index (χ0n) is 15.4. The van der Waals surface area contributed by atoms with Gasteiger partial charge in [-0.25, -0.2) is 8.42 Å². The molecule has 1 N–H and O–H groups in total. The third kappa shape index (κ3) is 3.39. The number of carbonyl (C=O) groups is 1. The first-order valence-electron chi connectivity index (χ1n) is 9.01. The Hall–Kier alpha value is -2.54. The van der Waals surface area contributed by atoms with Gasteiger partial charge < -0.3 is 9.64 Å². The average Bonchev–Trinajstić information content (AvgIpc) is 3.40. The van der Waals surface area contributed by atoms with Crippen molar-refractivity contribution in [1.82, 2.24) is 0 Å². The van der Waals surface area contributed by atoms with E-state index in [9.17, 15) is 13.2 Å². The Bertz CT molecular complexity index is 1010. The lowest BCUT2D eigenvalue weighted by atomic mass is 10.1. The number of amides is 1. The van der Waals surface area contributed by atoms with Crippen LogP contribution >= 0.6 is 0 Å². The first-order chi connectivity index (χ1) is 12.9. The average molecular weight is 386 g/mol. The van der Waals surface area contributed by atoms with Crippen molar-refractivity contribution in [3.05, 3.63) is 47.5 Å². The normalized spacial score (nSPS) is 16.1. The van der Waals surface area contributed by atoms with Crippen LogP contribution in [0.15, 0.2) is 41.3 Å². The van der Waals surface area contributed by atoms with Crippen LogP contribution < -0.4 is 14.4 Å². The molecule has 1 aliphatic carbocycles. The SMILES string of the molecule is COc1ccc(C2CC2)cc1S(=O)(=O)Nc1ccc2c(c1)CCN2C(C)=O. The number of nitrogens with one attached hydrogen (secondary N) is 1. The third-order valence-electron chi connectivity index (χ3n) is 5.13. The summed E-state index contributed by atoms with van der Waals surface area (Å²) in [5.74, 6) is 0.766. The molecule has 27 heavy (non-hydrogen) atoms. The monoisotopic (exact) mass is 386 g/mol. The second-order valence-electron chi connectivity index (χ2n) is 7.05. The summed E-state index contributed by atoms with van der Waals surface area (Å²) in [7, 11) is -2.32. The molecule has 7 heteroatoms. The van der Waals surface area contributed by atoms with Crippen LogP contribution in [0, 0.1) is 0 Å². The maximum absolute atomic E-state index is 13.0. The van der Waals surface area contributed by atoms with Crippen molar-refractivity contribution in [3.63, 3.8) is 0 Å². The standard InChI is InChI=1S/C20H22N2O4S/c1-13(23)22-10-9-16-11-17(6-7-18(16)22)21-27(24,25)20-12-15(14-3-4-14)5-8-19(20)26-2/h5-8,11-12,14,21H,3-4,9-10H2,1-2H3. The summed E-state index contributed by atoms with van der Waals surface area (Å²) < 4.78 is 33.9. The van der Waals surface area contributed by atoms with Gasteiger partial charge in [-0.2, -0.15) is 0 Å². The van der Waals surface area contributed by atoms with Crippen molar-refractivity contribution in [2.45, 2.75) is 37.0 Å². The molecule has 142 valence electrons. The summed E-state index contributed by atoms with van der Waals surface area (Å²) in [6.45, 7) is 2.16. The Balaban J connectivity index is 1.65. The number of sulfonamides is 1. The fourth-order valence-corrected chi connectivity index (χ4v) is 4.83. The van der Waals surface area contributed by atoms with Crippen molar-refractivity contribution < 1.29 is 17.9 Å². The second-order valence-corrected chi connectivity index (χ2v) is 8.71. The molecule has 1 saturated carbocycles. The zero-order chi connectivity index (χ0) is 19.2.